The van der Waals surface area contributed by atoms with Crippen molar-refractivity contribution in [1.82, 2.24) is 9.62 Å². The van der Waals surface area contributed by atoms with Crippen molar-refractivity contribution in [2.45, 2.75) is 44.2 Å². The molecule has 0 unspecified atom stereocenters. The molecule has 0 aliphatic carbocycles. The van der Waals surface area contributed by atoms with Gasteiger partial charge < -0.3 is 5.32 Å². The lowest BCUT2D eigenvalue weighted by Crippen LogP contribution is -2.35. The van der Waals surface area contributed by atoms with E-state index in [0.717, 1.165) is 37.9 Å². The highest BCUT2D eigenvalue weighted by Crippen LogP contribution is 2.21. The Kier molecular flexibility index (Phi) is 5.71. The fraction of sp³-hybridized carbons (Fsp3) is 0.444. The number of thiophene rings is 1. The first kappa shape index (κ1) is 17.6. The molecule has 0 amide bonds. The van der Waals surface area contributed by atoms with Crippen LogP contribution in [0.1, 0.15) is 35.3 Å². The van der Waals surface area contributed by atoms with Crippen molar-refractivity contribution >= 4 is 21.4 Å². The number of aryl methyl sites for hydroxylation is 1. The summed E-state index contributed by atoms with van der Waals surface area (Å²) < 4.78 is 26.8. The quantitative estimate of drug-likeness (QED) is 0.853. The maximum Gasteiger partial charge on any atom is 0.243 e. The second-order valence-electron chi connectivity index (χ2n) is 6.24. The van der Waals surface area contributed by atoms with E-state index in [-0.39, 0.29) is 0 Å². The standard InChI is InChI=1S/C18H24N2O2S2/c1-15-9-12-23-18(15)14-19-13-16-5-7-17(8-6-16)24(21,22)20-10-3-2-4-11-20/h5-9,12,19H,2-4,10-11,13-14H2,1H3. The van der Waals surface area contributed by atoms with Crippen molar-refractivity contribution in [2.24, 2.45) is 0 Å². The van der Waals surface area contributed by atoms with Crippen molar-refractivity contribution in [3.8, 4) is 0 Å². The molecule has 0 atom stereocenters. The van der Waals surface area contributed by atoms with Crippen molar-refractivity contribution in [3.63, 3.8) is 0 Å². The summed E-state index contributed by atoms with van der Waals surface area (Å²) in [6.45, 7) is 4.99. The summed E-state index contributed by atoms with van der Waals surface area (Å²) in [7, 11) is -3.33. The lowest BCUT2D eigenvalue weighted by Gasteiger charge is -2.25. The molecule has 2 aromatic rings. The van der Waals surface area contributed by atoms with Crippen LogP contribution in [0.4, 0.5) is 0 Å². The van der Waals surface area contributed by atoms with E-state index in [0.29, 0.717) is 18.0 Å². The minimum absolute atomic E-state index is 0.405. The van der Waals surface area contributed by atoms with Gasteiger partial charge in [0.05, 0.1) is 4.90 Å². The molecule has 0 radical (unpaired) electrons. The number of hydrogen-bond acceptors (Lipinski definition) is 4. The highest BCUT2D eigenvalue weighted by molar-refractivity contribution is 7.89. The van der Waals surface area contributed by atoms with E-state index in [1.165, 1.54) is 10.4 Å². The molecule has 1 fully saturated rings. The molecule has 1 aromatic heterocycles. The topological polar surface area (TPSA) is 49.4 Å². The number of hydrogen-bond donors (Lipinski definition) is 1. The van der Waals surface area contributed by atoms with E-state index in [9.17, 15) is 8.42 Å². The smallest absolute Gasteiger partial charge is 0.243 e. The van der Waals surface area contributed by atoms with E-state index in [4.69, 9.17) is 0 Å². The Hall–Kier alpha value is -1.21. The van der Waals surface area contributed by atoms with Crippen LogP contribution >= 0.6 is 11.3 Å². The van der Waals surface area contributed by atoms with E-state index >= 15 is 0 Å². The summed E-state index contributed by atoms with van der Waals surface area (Å²) in [5.41, 5.74) is 2.41. The summed E-state index contributed by atoms with van der Waals surface area (Å²) in [5, 5.41) is 5.52. The summed E-state index contributed by atoms with van der Waals surface area (Å²) in [6.07, 6.45) is 3.05. The molecule has 4 nitrogen and oxygen atoms in total. The van der Waals surface area contributed by atoms with Crippen molar-refractivity contribution in [3.05, 3.63) is 51.7 Å². The molecule has 0 bridgehead atoms. The molecule has 24 heavy (non-hydrogen) atoms. The van der Waals surface area contributed by atoms with Crippen LogP contribution in [-0.4, -0.2) is 25.8 Å². The second kappa shape index (κ2) is 7.78. The molecular formula is C18H24N2O2S2. The first-order valence-corrected chi connectivity index (χ1v) is 10.7. The molecule has 2 heterocycles. The number of nitrogens with one attached hydrogen (secondary N) is 1. The monoisotopic (exact) mass is 364 g/mol. The van der Waals surface area contributed by atoms with E-state index in [1.807, 2.05) is 12.1 Å². The molecule has 130 valence electrons. The largest absolute Gasteiger partial charge is 0.308 e. The van der Waals surface area contributed by atoms with Gasteiger partial charge in [0, 0.05) is 31.1 Å². The van der Waals surface area contributed by atoms with Gasteiger partial charge in [0.1, 0.15) is 0 Å². The van der Waals surface area contributed by atoms with Gasteiger partial charge in [-0.15, -0.1) is 11.3 Å². The number of sulfonamides is 1. The van der Waals surface area contributed by atoms with E-state index in [1.54, 1.807) is 27.8 Å². The highest BCUT2D eigenvalue weighted by Gasteiger charge is 2.25. The third-order valence-corrected chi connectivity index (χ3v) is 7.39. The van der Waals surface area contributed by atoms with Gasteiger partial charge in [0.25, 0.3) is 0 Å². The minimum atomic E-state index is -3.33. The van der Waals surface area contributed by atoms with Gasteiger partial charge in [-0.1, -0.05) is 18.6 Å². The minimum Gasteiger partial charge on any atom is -0.308 e. The van der Waals surface area contributed by atoms with Gasteiger partial charge in [0.15, 0.2) is 0 Å². The third kappa shape index (κ3) is 4.06. The van der Waals surface area contributed by atoms with Crippen LogP contribution in [0.3, 0.4) is 0 Å². The van der Waals surface area contributed by atoms with Crippen LogP contribution in [-0.2, 0) is 23.1 Å². The Morgan fingerprint density at radius 3 is 2.38 bits per heavy atom. The van der Waals surface area contributed by atoms with Gasteiger partial charge in [-0.2, -0.15) is 4.31 Å². The maximum atomic E-state index is 12.6. The Morgan fingerprint density at radius 2 is 1.75 bits per heavy atom. The molecule has 3 rings (SSSR count). The van der Waals surface area contributed by atoms with Crippen molar-refractivity contribution < 1.29 is 8.42 Å². The fourth-order valence-electron chi connectivity index (χ4n) is 2.94. The van der Waals surface area contributed by atoms with Crippen LogP contribution in [0.15, 0.2) is 40.6 Å². The van der Waals surface area contributed by atoms with Crippen LogP contribution in [0.5, 0.6) is 0 Å². The summed E-state index contributed by atoms with van der Waals surface area (Å²) in [5.74, 6) is 0. The number of benzene rings is 1. The fourth-order valence-corrected chi connectivity index (χ4v) is 5.33. The first-order chi connectivity index (χ1) is 11.6. The molecule has 1 aliphatic heterocycles. The predicted octanol–water partition coefficient (Wildman–Crippen LogP) is 3.52. The zero-order chi connectivity index (χ0) is 17.0. The van der Waals surface area contributed by atoms with E-state index in [2.05, 4.69) is 23.7 Å². The Bertz CT molecular complexity index is 761. The Labute approximate surface area is 148 Å². The van der Waals surface area contributed by atoms with Crippen molar-refractivity contribution in [1.29, 1.82) is 0 Å². The number of nitrogens with zero attached hydrogens (tertiary/aromatic N) is 1. The normalized spacial score (nSPS) is 16.4. The molecule has 1 aromatic carbocycles. The van der Waals surface area contributed by atoms with Gasteiger partial charge in [-0.25, -0.2) is 8.42 Å². The average Bonchev–Trinajstić information content (AvgIpc) is 3.01. The van der Waals surface area contributed by atoms with Crippen molar-refractivity contribution in [2.75, 3.05) is 13.1 Å². The van der Waals surface area contributed by atoms with E-state index < -0.39 is 10.0 Å². The SMILES string of the molecule is Cc1ccsc1CNCc1ccc(S(=O)(=O)N2CCCCC2)cc1. The summed E-state index contributed by atoms with van der Waals surface area (Å²) >= 11 is 1.76. The Morgan fingerprint density at radius 1 is 1.04 bits per heavy atom. The number of rotatable bonds is 6. The van der Waals surface area contributed by atoms with Crippen LogP contribution in [0.25, 0.3) is 0 Å². The lowest BCUT2D eigenvalue weighted by atomic mass is 10.2. The predicted molar refractivity (Wildman–Crippen MR) is 98.7 cm³/mol. The molecular weight excluding hydrogens is 340 g/mol. The maximum absolute atomic E-state index is 12.6. The van der Waals surface area contributed by atoms with Crippen LogP contribution in [0.2, 0.25) is 0 Å². The molecule has 1 N–H and O–H groups in total. The number of piperidine rings is 1. The zero-order valence-corrected chi connectivity index (χ0v) is 15.6. The molecule has 1 saturated heterocycles. The van der Waals surface area contributed by atoms with Gasteiger partial charge in [0.2, 0.25) is 10.0 Å². The summed E-state index contributed by atoms with van der Waals surface area (Å²) in [4.78, 5) is 1.75. The van der Waals surface area contributed by atoms with Gasteiger partial charge >= 0.3 is 0 Å². The Balaban J connectivity index is 1.59. The van der Waals surface area contributed by atoms with Crippen LogP contribution in [0, 0.1) is 6.92 Å². The lowest BCUT2D eigenvalue weighted by molar-refractivity contribution is 0.346. The average molecular weight is 365 g/mol. The molecule has 0 saturated carbocycles. The molecule has 1 aliphatic rings. The second-order valence-corrected chi connectivity index (χ2v) is 9.18. The van der Waals surface area contributed by atoms with Crippen LogP contribution < -0.4 is 5.32 Å². The van der Waals surface area contributed by atoms with Gasteiger partial charge in [-0.3, -0.25) is 0 Å². The first-order valence-electron chi connectivity index (χ1n) is 8.40. The highest BCUT2D eigenvalue weighted by atomic mass is 32.2. The molecule has 6 heteroatoms. The summed E-state index contributed by atoms with van der Waals surface area (Å²) in [6, 6.07) is 9.41. The third-order valence-electron chi connectivity index (χ3n) is 4.46. The zero-order valence-electron chi connectivity index (χ0n) is 14.0. The molecule has 0 spiro atoms. The van der Waals surface area contributed by atoms with Gasteiger partial charge in [-0.05, 0) is 54.5 Å².